The molecular weight excluding hydrogens is 326 g/mol. The molecule has 0 radical (unpaired) electrons. The number of hydrogen-bond acceptors (Lipinski definition) is 4. The van der Waals surface area contributed by atoms with Crippen molar-refractivity contribution in [2.24, 2.45) is 0 Å². The van der Waals surface area contributed by atoms with E-state index < -0.39 is 33.0 Å². The molecule has 0 heterocycles. The van der Waals surface area contributed by atoms with Crippen molar-refractivity contribution in [3.63, 3.8) is 0 Å². The number of hydrogen-bond donors (Lipinski definition) is 1. The van der Waals surface area contributed by atoms with Crippen LogP contribution in [0.3, 0.4) is 0 Å². The van der Waals surface area contributed by atoms with E-state index in [9.17, 15) is 18.0 Å². The van der Waals surface area contributed by atoms with Gasteiger partial charge in [-0.1, -0.05) is 49.4 Å². The van der Waals surface area contributed by atoms with Crippen LogP contribution < -0.4 is 5.32 Å². The lowest BCUT2D eigenvalue weighted by Crippen LogP contribution is -2.27. The lowest BCUT2D eigenvalue weighted by atomic mass is 10.1. The van der Waals surface area contributed by atoms with Crippen molar-refractivity contribution in [3.8, 4) is 0 Å². The Labute approximate surface area is 141 Å². The highest BCUT2D eigenvalue weighted by atomic mass is 32.2. The van der Waals surface area contributed by atoms with E-state index in [2.05, 4.69) is 5.32 Å². The molecule has 2 aromatic carbocycles. The highest BCUT2D eigenvalue weighted by Gasteiger charge is 2.21. The van der Waals surface area contributed by atoms with Gasteiger partial charge >= 0.3 is 0 Å². The molecule has 0 unspecified atom stereocenters. The van der Waals surface area contributed by atoms with Crippen molar-refractivity contribution in [3.05, 3.63) is 65.7 Å². The number of benzene rings is 2. The number of Topliss-reactive ketones (excluding diaryl/α,β-unsaturated/α-hetero) is 1. The maximum Gasteiger partial charge on any atom is 0.239 e. The number of ketones is 1. The zero-order valence-corrected chi connectivity index (χ0v) is 14.2. The van der Waals surface area contributed by atoms with Crippen LogP contribution in [0.25, 0.3) is 0 Å². The Morgan fingerprint density at radius 1 is 0.917 bits per heavy atom. The lowest BCUT2D eigenvalue weighted by Gasteiger charge is -2.07. The summed E-state index contributed by atoms with van der Waals surface area (Å²) in [6, 6.07) is 15.3. The number of carbonyl (C=O) groups excluding carboxylic acids is 2. The second-order valence-electron chi connectivity index (χ2n) is 5.42. The second-order valence-corrected chi connectivity index (χ2v) is 7.48. The van der Waals surface area contributed by atoms with Gasteiger partial charge in [0, 0.05) is 11.3 Å². The minimum atomic E-state index is -3.82. The highest BCUT2D eigenvalue weighted by molar-refractivity contribution is 7.92. The van der Waals surface area contributed by atoms with Gasteiger partial charge in [-0.15, -0.1) is 0 Å². The number of sulfone groups is 1. The third kappa shape index (κ3) is 5.31. The van der Waals surface area contributed by atoms with Gasteiger partial charge in [-0.25, -0.2) is 8.42 Å². The summed E-state index contributed by atoms with van der Waals surface area (Å²) in [6.45, 7) is 2.02. The van der Waals surface area contributed by atoms with Crippen LogP contribution in [0.2, 0.25) is 0 Å². The molecule has 1 amide bonds. The van der Waals surface area contributed by atoms with E-state index in [1.165, 1.54) is 0 Å². The van der Waals surface area contributed by atoms with Gasteiger partial charge in [-0.3, -0.25) is 9.59 Å². The topological polar surface area (TPSA) is 80.3 Å². The molecule has 5 nitrogen and oxygen atoms in total. The Morgan fingerprint density at radius 2 is 1.54 bits per heavy atom. The van der Waals surface area contributed by atoms with E-state index in [0.29, 0.717) is 11.3 Å². The monoisotopic (exact) mass is 345 g/mol. The van der Waals surface area contributed by atoms with Crippen LogP contribution in [0.4, 0.5) is 5.69 Å². The van der Waals surface area contributed by atoms with Crippen LogP contribution in [0.1, 0.15) is 22.8 Å². The standard InChI is InChI=1S/C18H19NO4S/c1-2-14-8-10-16(11-9-14)19-18(21)13-24(22,23)12-17(20)15-6-4-3-5-7-15/h3-11H,2,12-13H2,1H3,(H,19,21). The first-order valence-electron chi connectivity index (χ1n) is 7.57. The summed E-state index contributed by atoms with van der Waals surface area (Å²) in [5.74, 6) is -2.57. The molecule has 0 saturated carbocycles. The van der Waals surface area contributed by atoms with E-state index in [1.807, 2.05) is 19.1 Å². The van der Waals surface area contributed by atoms with Crippen LogP contribution in [0.15, 0.2) is 54.6 Å². The molecule has 0 aliphatic rings. The van der Waals surface area contributed by atoms with Crippen LogP contribution in [0, 0.1) is 0 Å². The molecule has 2 rings (SSSR count). The molecule has 6 heteroatoms. The maximum absolute atomic E-state index is 12.0. The zero-order valence-electron chi connectivity index (χ0n) is 13.4. The summed E-state index contributed by atoms with van der Waals surface area (Å²) >= 11 is 0. The summed E-state index contributed by atoms with van der Waals surface area (Å²) < 4.78 is 24.1. The van der Waals surface area contributed by atoms with Gasteiger partial charge in [0.15, 0.2) is 15.6 Å². The number of rotatable bonds is 7. The van der Waals surface area contributed by atoms with Gasteiger partial charge < -0.3 is 5.32 Å². The fourth-order valence-corrected chi connectivity index (χ4v) is 3.32. The largest absolute Gasteiger partial charge is 0.325 e. The predicted octanol–water partition coefficient (Wildman–Crippen LogP) is 2.49. The first-order valence-corrected chi connectivity index (χ1v) is 9.39. The van der Waals surface area contributed by atoms with E-state index in [1.54, 1.807) is 42.5 Å². The quantitative estimate of drug-likeness (QED) is 0.782. The number of amides is 1. The second kappa shape index (κ2) is 7.88. The van der Waals surface area contributed by atoms with Crippen molar-refractivity contribution < 1.29 is 18.0 Å². The first kappa shape index (κ1) is 17.9. The molecule has 0 aliphatic heterocycles. The van der Waals surface area contributed by atoms with E-state index >= 15 is 0 Å². The van der Waals surface area contributed by atoms with Gasteiger partial charge in [0.2, 0.25) is 5.91 Å². The van der Waals surface area contributed by atoms with Crippen LogP contribution >= 0.6 is 0 Å². The zero-order chi connectivity index (χ0) is 17.6. The predicted molar refractivity (Wildman–Crippen MR) is 93.9 cm³/mol. The minimum absolute atomic E-state index is 0.316. The summed E-state index contributed by atoms with van der Waals surface area (Å²) in [4.78, 5) is 23.9. The molecule has 2 aromatic rings. The van der Waals surface area contributed by atoms with E-state index in [0.717, 1.165) is 12.0 Å². The summed E-state index contributed by atoms with van der Waals surface area (Å²) in [6.07, 6.45) is 0.879. The molecule has 0 atom stereocenters. The van der Waals surface area contributed by atoms with Crippen LogP contribution in [0.5, 0.6) is 0 Å². The SMILES string of the molecule is CCc1ccc(NC(=O)CS(=O)(=O)CC(=O)c2ccccc2)cc1. The van der Waals surface area contributed by atoms with Crippen molar-refractivity contribution in [2.45, 2.75) is 13.3 Å². The molecule has 0 saturated heterocycles. The molecular formula is C18H19NO4S. The van der Waals surface area contributed by atoms with E-state index in [-0.39, 0.29) is 0 Å². The van der Waals surface area contributed by atoms with Gasteiger partial charge in [-0.05, 0) is 24.1 Å². The number of aryl methyl sites for hydroxylation is 1. The lowest BCUT2D eigenvalue weighted by molar-refractivity contribution is -0.113. The van der Waals surface area contributed by atoms with Gasteiger partial charge in [0.25, 0.3) is 0 Å². The highest BCUT2D eigenvalue weighted by Crippen LogP contribution is 2.10. The first-order chi connectivity index (χ1) is 11.4. The van der Waals surface area contributed by atoms with Crippen LogP contribution in [-0.2, 0) is 21.1 Å². The molecule has 0 aliphatic carbocycles. The number of nitrogens with one attached hydrogen (secondary N) is 1. The third-order valence-corrected chi connectivity index (χ3v) is 4.85. The van der Waals surface area contributed by atoms with Crippen molar-refractivity contribution in [1.29, 1.82) is 0 Å². The van der Waals surface area contributed by atoms with Crippen molar-refractivity contribution in [2.75, 3.05) is 16.8 Å². The average Bonchev–Trinajstić information content (AvgIpc) is 2.55. The van der Waals surface area contributed by atoms with Gasteiger partial charge in [-0.2, -0.15) is 0 Å². The molecule has 0 aromatic heterocycles. The Kier molecular flexibility index (Phi) is 5.87. The average molecular weight is 345 g/mol. The number of carbonyl (C=O) groups is 2. The smallest absolute Gasteiger partial charge is 0.239 e. The molecule has 126 valence electrons. The Bertz CT molecular complexity index is 812. The Hall–Kier alpha value is -2.47. The maximum atomic E-state index is 12.0. The number of anilines is 1. The van der Waals surface area contributed by atoms with Gasteiger partial charge in [0.1, 0.15) is 11.5 Å². The van der Waals surface area contributed by atoms with Crippen LogP contribution in [-0.4, -0.2) is 31.6 Å². The molecule has 24 heavy (non-hydrogen) atoms. The fraction of sp³-hybridized carbons (Fsp3) is 0.222. The Morgan fingerprint density at radius 3 is 2.12 bits per heavy atom. The minimum Gasteiger partial charge on any atom is -0.325 e. The molecule has 0 spiro atoms. The van der Waals surface area contributed by atoms with Gasteiger partial charge in [0.05, 0.1) is 0 Å². The normalized spacial score (nSPS) is 11.0. The summed E-state index contributed by atoms with van der Waals surface area (Å²) in [7, 11) is -3.82. The van der Waals surface area contributed by atoms with Crippen molar-refractivity contribution >= 4 is 27.2 Å². The summed E-state index contributed by atoms with van der Waals surface area (Å²) in [5, 5.41) is 2.53. The fourth-order valence-electron chi connectivity index (χ4n) is 2.18. The Balaban J connectivity index is 1.95. The molecule has 0 bridgehead atoms. The van der Waals surface area contributed by atoms with E-state index in [4.69, 9.17) is 0 Å². The molecule has 0 fully saturated rings. The molecule has 1 N–H and O–H groups in total. The van der Waals surface area contributed by atoms with Crippen molar-refractivity contribution in [1.82, 2.24) is 0 Å². The third-order valence-electron chi connectivity index (χ3n) is 3.44. The summed E-state index contributed by atoms with van der Waals surface area (Å²) in [5.41, 5.74) is 1.97.